The van der Waals surface area contributed by atoms with E-state index in [4.69, 9.17) is 9.47 Å². The quantitative estimate of drug-likeness (QED) is 0.803. The summed E-state index contributed by atoms with van der Waals surface area (Å²) in [5.74, 6) is 0.813. The van der Waals surface area contributed by atoms with Gasteiger partial charge < -0.3 is 9.47 Å². The highest BCUT2D eigenvalue weighted by atomic mass is 32.2. The molecule has 6 nitrogen and oxygen atoms in total. The fourth-order valence-electron chi connectivity index (χ4n) is 4.28. The molecule has 2 fully saturated rings. The molecule has 1 atom stereocenters. The largest absolute Gasteiger partial charge is 0.496 e. The second kappa shape index (κ2) is 8.47. The minimum Gasteiger partial charge on any atom is -0.496 e. The van der Waals surface area contributed by atoms with E-state index in [9.17, 15) is 8.42 Å². The summed E-state index contributed by atoms with van der Waals surface area (Å²) in [7, 11) is -1.84. The van der Waals surface area contributed by atoms with Crippen LogP contribution in [0.5, 0.6) is 5.75 Å². The summed E-state index contributed by atoms with van der Waals surface area (Å²) in [6.45, 7) is 6.25. The minimum atomic E-state index is -3.51. The van der Waals surface area contributed by atoms with E-state index in [1.165, 1.54) is 0 Å². The lowest BCUT2D eigenvalue weighted by Gasteiger charge is -2.40. The first-order valence-corrected chi connectivity index (χ1v) is 11.3. The summed E-state index contributed by atoms with van der Waals surface area (Å²) in [5.41, 5.74) is 1.90. The van der Waals surface area contributed by atoms with Crippen LogP contribution in [0.1, 0.15) is 50.2 Å². The molecule has 2 aliphatic rings. The molecule has 0 aromatic heterocycles. The molecule has 0 saturated carbocycles. The number of methoxy groups -OCH3 is 1. The van der Waals surface area contributed by atoms with Crippen molar-refractivity contribution in [1.82, 2.24) is 9.03 Å². The first kappa shape index (κ1) is 20.6. The van der Waals surface area contributed by atoms with E-state index in [1.54, 1.807) is 11.4 Å². The van der Waals surface area contributed by atoms with E-state index in [2.05, 4.69) is 17.7 Å². The van der Waals surface area contributed by atoms with Crippen molar-refractivity contribution in [3.8, 4) is 5.75 Å². The van der Waals surface area contributed by atoms with Crippen LogP contribution >= 0.6 is 0 Å². The number of aryl methyl sites for hydroxylation is 1. The lowest BCUT2D eigenvalue weighted by molar-refractivity contribution is 0.0506. The van der Waals surface area contributed by atoms with Crippen molar-refractivity contribution in [3.63, 3.8) is 0 Å². The predicted molar refractivity (Wildman–Crippen MR) is 106 cm³/mol. The Morgan fingerprint density at radius 2 is 2.04 bits per heavy atom. The molecule has 2 aliphatic heterocycles. The van der Waals surface area contributed by atoms with Crippen molar-refractivity contribution >= 4 is 10.2 Å². The molecule has 0 bridgehead atoms. The van der Waals surface area contributed by atoms with Gasteiger partial charge in [0.2, 0.25) is 0 Å². The van der Waals surface area contributed by atoms with Crippen LogP contribution in [0.3, 0.4) is 0 Å². The number of hydrogen-bond donors (Lipinski definition) is 1. The summed E-state index contributed by atoms with van der Waals surface area (Å²) in [6.07, 6.45) is 4.48. The Labute approximate surface area is 163 Å². The topological polar surface area (TPSA) is 67.9 Å². The molecular formula is C20H32N2O4S. The number of hydrogen-bond acceptors (Lipinski definition) is 4. The van der Waals surface area contributed by atoms with Gasteiger partial charge in [0.05, 0.1) is 7.11 Å². The first-order valence-electron chi connectivity index (χ1n) is 9.87. The van der Waals surface area contributed by atoms with Gasteiger partial charge in [0.25, 0.3) is 10.2 Å². The number of rotatable bonds is 6. The lowest BCUT2D eigenvalue weighted by atomic mass is 9.73. The van der Waals surface area contributed by atoms with Gasteiger partial charge in [-0.1, -0.05) is 24.1 Å². The third kappa shape index (κ3) is 4.47. The summed E-state index contributed by atoms with van der Waals surface area (Å²) >= 11 is 0. The van der Waals surface area contributed by atoms with Gasteiger partial charge in [-0.15, -0.1) is 0 Å². The Morgan fingerprint density at radius 3 is 2.70 bits per heavy atom. The Balaban J connectivity index is 1.87. The van der Waals surface area contributed by atoms with Gasteiger partial charge in [-0.05, 0) is 45.6 Å². The van der Waals surface area contributed by atoms with E-state index in [-0.39, 0.29) is 11.5 Å². The fraction of sp³-hybridized carbons (Fsp3) is 0.700. The zero-order valence-electron chi connectivity index (χ0n) is 16.7. The van der Waals surface area contributed by atoms with Crippen molar-refractivity contribution in [2.45, 2.75) is 57.4 Å². The third-order valence-electron chi connectivity index (χ3n) is 6.02. The summed E-state index contributed by atoms with van der Waals surface area (Å²) in [6, 6.07) is 6.18. The average Bonchev–Trinajstić information content (AvgIpc) is 2.67. The molecule has 1 unspecified atom stereocenters. The van der Waals surface area contributed by atoms with Crippen LogP contribution < -0.4 is 9.46 Å². The second-order valence-electron chi connectivity index (χ2n) is 7.88. The number of nitrogens with one attached hydrogen (secondary N) is 1. The third-order valence-corrected chi connectivity index (χ3v) is 7.69. The summed E-state index contributed by atoms with van der Waals surface area (Å²) < 4.78 is 41.7. The van der Waals surface area contributed by atoms with Gasteiger partial charge in [0, 0.05) is 43.3 Å². The smallest absolute Gasteiger partial charge is 0.279 e. The molecule has 2 saturated heterocycles. The summed E-state index contributed by atoms with van der Waals surface area (Å²) in [5, 5.41) is 0. The van der Waals surface area contributed by atoms with Crippen molar-refractivity contribution in [1.29, 1.82) is 0 Å². The molecule has 1 aromatic carbocycles. The van der Waals surface area contributed by atoms with Crippen molar-refractivity contribution in [2.24, 2.45) is 0 Å². The number of ether oxygens (including phenoxy) is 2. The van der Waals surface area contributed by atoms with Gasteiger partial charge in [-0.25, -0.2) is 4.72 Å². The second-order valence-corrected chi connectivity index (χ2v) is 9.59. The highest BCUT2D eigenvalue weighted by Gasteiger charge is 2.39. The summed E-state index contributed by atoms with van der Waals surface area (Å²) in [4.78, 5) is 0. The highest BCUT2D eigenvalue weighted by molar-refractivity contribution is 7.87. The molecule has 1 N–H and O–H groups in total. The van der Waals surface area contributed by atoms with Crippen LogP contribution in [-0.2, 0) is 20.4 Å². The molecule has 0 amide bonds. The van der Waals surface area contributed by atoms with Crippen molar-refractivity contribution in [2.75, 3.05) is 33.4 Å². The van der Waals surface area contributed by atoms with Gasteiger partial charge in [-0.3, -0.25) is 0 Å². The molecule has 0 radical (unpaired) electrons. The number of benzene rings is 1. The molecule has 0 spiro atoms. The first-order chi connectivity index (χ1) is 12.9. The van der Waals surface area contributed by atoms with Crippen LogP contribution in [0.25, 0.3) is 0 Å². The zero-order valence-corrected chi connectivity index (χ0v) is 17.5. The SMILES string of the molecule is COc1ccc(C)cc1C1(CNS(=O)(=O)N2CCCCC2C)CCOCC1. The average molecular weight is 397 g/mol. The van der Waals surface area contributed by atoms with Gasteiger partial charge >= 0.3 is 0 Å². The van der Waals surface area contributed by atoms with Crippen LogP contribution in [0.4, 0.5) is 0 Å². The van der Waals surface area contributed by atoms with E-state index >= 15 is 0 Å². The Hall–Kier alpha value is -1.15. The fourth-order valence-corrected chi connectivity index (χ4v) is 5.85. The van der Waals surface area contributed by atoms with E-state index in [0.29, 0.717) is 26.3 Å². The molecular weight excluding hydrogens is 364 g/mol. The Bertz CT molecular complexity index is 744. The number of piperidine rings is 1. The van der Waals surface area contributed by atoms with Crippen LogP contribution in [0.15, 0.2) is 18.2 Å². The normalized spacial score (nSPS) is 23.9. The molecule has 7 heteroatoms. The van der Waals surface area contributed by atoms with Gasteiger partial charge in [-0.2, -0.15) is 12.7 Å². The van der Waals surface area contributed by atoms with E-state index in [0.717, 1.165) is 49.0 Å². The van der Waals surface area contributed by atoms with Crippen molar-refractivity contribution in [3.05, 3.63) is 29.3 Å². The van der Waals surface area contributed by atoms with E-state index < -0.39 is 10.2 Å². The monoisotopic (exact) mass is 396 g/mol. The minimum absolute atomic E-state index is 0.0513. The molecule has 27 heavy (non-hydrogen) atoms. The number of nitrogens with zero attached hydrogens (tertiary/aromatic N) is 1. The van der Waals surface area contributed by atoms with E-state index in [1.807, 2.05) is 19.1 Å². The molecule has 152 valence electrons. The molecule has 3 rings (SSSR count). The predicted octanol–water partition coefficient (Wildman–Crippen LogP) is 2.76. The Kier molecular flexibility index (Phi) is 6.46. The highest BCUT2D eigenvalue weighted by Crippen LogP contribution is 2.40. The van der Waals surface area contributed by atoms with Crippen LogP contribution in [-0.4, -0.2) is 52.2 Å². The zero-order chi connectivity index (χ0) is 19.5. The molecule has 2 heterocycles. The van der Waals surface area contributed by atoms with Gasteiger partial charge in [0.1, 0.15) is 5.75 Å². The lowest BCUT2D eigenvalue weighted by Crippen LogP contribution is -2.52. The maximum atomic E-state index is 13.0. The van der Waals surface area contributed by atoms with Gasteiger partial charge in [0.15, 0.2) is 0 Å². The maximum absolute atomic E-state index is 13.0. The Morgan fingerprint density at radius 1 is 1.30 bits per heavy atom. The maximum Gasteiger partial charge on any atom is 0.279 e. The van der Waals surface area contributed by atoms with Crippen molar-refractivity contribution < 1.29 is 17.9 Å². The molecule has 0 aliphatic carbocycles. The van der Waals surface area contributed by atoms with Crippen LogP contribution in [0.2, 0.25) is 0 Å². The van der Waals surface area contributed by atoms with Crippen LogP contribution in [0, 0.1) is 6.92 Å². The molecule has 1 aromatic rings. The standard InChI is InChI=1S/C20H32N2O4S/c1-16-7-8-19(25-3)18(14-16)20(9-12-26-13-10-20)15-21-27(23,24)22-11-5-4-6-17(22)2/h7-8,14,17,21H,4-6,9-13,15H2,1-3H3.